The highest BCUT2D eigenvalue weighted by Gasteiger charge is 2.13. The summed E-state index contributed by atoms with van der Waals surface area (Å²) in [6, 6.07) is 10.9. The van der Waals surface area contributed by atoms with Crippen LogP contribution in [0.25, 0.3) is 0 Å². The molecule has 0 radical (unpaired) electrons. The van der Waals surface area contributed by atoms with Gasteiger partial charge >= 0.3 is 6.03 Å². The highest BCUT2D eigenvalue weighted by atomic mass is 79.9. The van der Waals surface area contributed by atoms with Crippen LogP contribution in [0.5, 0.6) is 17.2 Å². The first-order valence-corrected chi connectivity index (χ1v) is 9.82. The van der Waals surface area contributed by atoms with Gasteiger partial charge in [0.2, 0.25) is 0 Å². The first kappa shape index (κ1) is 22.5. The number of methoxy groups -OCH3 is 1. The molecule has 0 atom stereocenters. The van der Waals surface area contributed by atoms with E-state index in [1.54, 1.807) is 19.2 Å². The summed E-state index contributed by atoms with van der Waals surface area (Å²) >= 11 is 3.46. The molecule has 0 fully saturated rings. The van der Waals surface area contributed by atoms with Gasteiger partial charge in [0, 0.05) is 0 Å². The van der Waals surface area contributed by atoms with Gasteiger partial charge in [0.25, 0.3) is 0 Å². The van der Waals surface area contributed by atoms with Gasteiger partial charge < -0.3 is 19.9 Å². The molecule has 0 bridgehead atoms. The van der Waals surface area contributed by atoms with Gasteiger partial charge in [-0.3, -0.25) is 0 Å². The number of hydrogen-bond donors (Lipinski definition) is 2. The predicted octanol–water partition coefficient (Wildman–Crippen LogP) is 4.22. The van der Waals surface area contributed by atoms with E-state index >= 15 is 0 Å². The zero-order chi connectivity index (χ0) is 21.4. The lowest BCUT2D eigenvalue weighted by Crippen LogP contribution is -2.24. The van der Waals surface area contributed by atoms with Gasteiger partial charge in [-0.2, -0.15) is 5.10 Å². The fraction of sp³-hybridized carbons (Fsp3) is 0.333. The van der Waals surface area contributed by atoms with E-state index in [0.717, 1.165) is 5.75 Å². The van der Waals surface area contributed by atoms with E-state index in [2.05, 4.69) is 59.4 Å². The molecular formula is C21H26BrN3O4. The van der Waals surface area contributed by atoms with Crippen LogP contribution in [-0.2, 0) is 5.41 Å². The lowest BCUT2D eigenvalue weighted by atomic mass is 9.87. The zero-order valence-corrected chi connectivity index (χ0v) is 18.6. The maximum absolute atomic E-state index is 10.7. The van der Waals surface area contributed by atoms with Crippen molar-refractivity contribution in [2.75, 3.05) is 20.3 Å². The van der Waals surface area contributed by atoms with Crippen LogP contribution in [0.15, 0.2) is 46.0 Å². The lowest BCUT2D eigenvalue weighted by Gasteiger charge is -2.19. The number of nitrogens with zero attached hydrogens (tertiary/aromatic N) is 1. The molecule has 29 heavy (non-hydrogen) atoms. The van der Waals surface area contributed by atoms with Crippen LogP contribution in [0.1, 0.15) is 31.9 Å². The number of benzene rings is 2. The molecule has 0 aliphatic rings. The van der Waals surface area contributed by atoms with Crippen LogP contribution < -0.4 is 25.4 Å². The standard InChI is InChI=1S/C21H26BrN3O4/c1-21(2,3)15-5-7-16(8-6-15)28-9-10-29-19-17(22)11-14(12-18(19)27-4)13-24-25-20(23)26/h5-8,11-13H,9-10H2,1-4H3,(H3,23,25,26). The number of amides is 2. The van der Waals surface area contributed by atoms with Gasteiger partial charge in [0.05, 0.1) is 17.8 Å². The second kappa shape index (κ2) is 10.2. The van der Waals surface area contributed by atoms with Gasteiger partial charge in [0.15, 0.2) is 11.5 Å². The van der Waals surface area contributed by atoms with E-state index in [9.17, 15) is 4.79 Å². The number of hydrazone groups is 1. The number of urea groups is 1. The zero-order valence-electron chi connectivity index (χ0n) is 17.0. The average Bonchev–Trinajstić information content (AvgIpc) is 2.65. The number of rotatable bonds is 8. The Labute approximate surface area is 179 Å². The van der Waals surface area contributed by atoms with Crippen molar-refractivity contribution < 1.29 is 19.0 Å². The monoisotopic (exact) mass is 463 g/mol. The van der Waals surface area contributed by atoms with E-state index in [1.807, 2.05) is 12.1 Å². The van der Waals surface area contributed by atoms with E-state index in [4.69, 9.17) is 19.9 Å². The van der Waals surface area contributed by atoms with Crippen molar-refractivity contribution in [1.29, 1.82) is 0 Å². The number of halogens is 1. The number of hydrogen-bond acceptors (Lipinski definition) is 5. The minimum atomic E-state index is -0.736. The highest BCUT2D eigenvalue weighted by Crippen LogP contribution is 2.36. The van der Waals surface area contributed by atoms with Crippen molar-refractivity contribution >= 4 is 28.2 Å². The Balaban J connectivity index is 1.94. The predicted molar refractivity (Wildman–Crippen MR) is 117 cm³/mol. The van der Waals surface area contributed by atoms with E-state index in [0.29, 0.717) is 34.7 Å². The molecule has 0 saturated carbocycles. The fourth-order valence-corrected chi connectivity index (χ4v) is 3.05. The average molecular weight is 464 g/mol. The third-order valence-corrected chi connectivity index (χ3v) is 4.55. The quantitative estimate of drug-likeness (QED) is 0.348. The number of carbonyl (C=O) groups is 1. The third kappa shape index (κ3) is 6.98. The summed E-state index contributed by atoms with van der Waals surface area (Å²) in [6.45, 7) is 7.25. The van der Waals surface area contributed by atoms with Crippen molar-refractivity contribution in [2.45, 2.75) is 26.2 Å². The molecule has 2 aromatic rings. The summed E-state index contributed by atoms with van der Waals surface area (Å²) in [6.07, 6.45) is 1.45. The Kier molecular flexibility index (Phi) is 7.90. The second-order valence-corrected chi connectivity index (χ2v) is 8.09. The van der Waals surface area contributed by atoms with Crippen molar-refractivity contribution in [2.24, 2.45) is 10.8 Å². The van der Waals surface area contributed by atoms with Gasteiger partial charge in [-0.15, -0.1) is 0 Å². The third-order valence-electron chi connectivity index (χ3n) is 3.96. The van der Waals surface area contributed by atoms with Crippen molar-refractivity contribution in [1.82, 2.24) is 5.43 Å². The van der Waals surface area contributed by atoms with Crippen LogP contribution in [0.4, 0.5) is 4.79 Å². The van der Waals surface area contributed by atoms with Crippen LogP contribution >= 0.6 is 15.9 Å². The molecular weight excluding hydrogens is 438 g/mol. The van der Waals surface area contributed by atoms with Gasteiger partial charge in [0.1, 0.15) is 19.0 Å². The number of nitrogens with one attached hydrogen (secondary N) is 1. The number of primary amides is 1. The van der Waals surface area contributed by atoms with Crippen molar-refractivity contribution in [3.05, 3.63) is 52.0 Å². The van der Waals surface area contributed by atoms with Crippen molar-refractivity contribution in [3.8, 4) is 17.2 Å². The molecule has 2 rings (SSSR count). The molecule has 0 heterocycles. The van der Waals surface area contributed by atoms with Crippen LogP contribution in [0, 0.1) is 0 Å². The molecule has 8 heteroatoms. The first-order valence-electron chi connectivity index (χ1n) is 9.03. The molecule has 3 N–H and O–H groups in total. The molecule has 0 unspecified atom stereocenters. The summed E-state index contributed by atoms with van der Waals surface area (Å²) < 4.78 is 17.7. The van der Waals surface area contributed by atoms with Gasteiger partial charge in [-0.1, -0.05) is 32.9 Å². The van der Waals surface area contributed by atoms with E-state index in [-0.39, 0.29) is 5.41 Å². The fourth-order valence-electron chi connectivity index (χ4n) is 2.48. The maximum Gasteiger partial charge on any atom is 0.332 e. The summed E-state index contributed by atoms with van der Waals surface area (Å²) in [7, 11) is 1.55. The summed E-state index contributed by atoms with van der Waals surface area (Å²) in [5, 5.41) is 3.73. The van der Waals surface area contributed by atoms with Gasteiger partial charge in [-0.05, 0) is 56.7 Å². The summed E-state index contributed by atoms with van der Waals surface area (Å²) in [5.41, 5.74) is 9.17. The van der Waals surface area contributed by atoms with Gasteiger partial charge in [-0.25, -0.2) is 10.2 Å². The molecule has 0 saturated heterocycles. The molecule has 2 aromatic carbocycles. The molecule has 0 aliphatic heterocycles. The molecule has 2 amide bonds. The largest absolute Gasteiger partial charge is 0.493 e. The molecule has 7 nitrogen and oxygen atoms in total. The maximum atomic E-state index is 10.7. The Morgan fingerprint density at radius 2 is 1.83 bits per heavy atom. The molecule has 0 aliphatic carbocycles. The SMILES string of the molecule is COc1cc(C=NNC(N)=O)cc(Br)c1OCCOc1ccc(C(C)(C)C)cc1. The van der Waals surface area contributed by atoms with Crippen LogP contribution in [0.2, 0.25) is 0 Å². The van der Waals surface area contributed by atoms with E-state index < -0.39 is 6.03 Å². The van der Waals surface area contributed by atoms with E-state index in [1.165, 1.54) is 11.8 Å². The Hall–Kier alpha value is -2.74. The molecule has 0 spiro atoms. The minimum Gasteiger partial charge on any atom is -0.493 e. The number of ether oxygens (including phenoxy) is 3. The normalized spacial score (nSPS) is 11.3. The lowest BCUT2D eigenvalue weighted by molar-refractivity contribution is 0.210. The van der Waals surface area contributed by atoms with Crippen LogP contribution in [0.3, 0.4) is 0 Å². The Morgan fingerprint density at radius 3 is 2.41 bits per heavy atom. The number of carbonyl (C=O) groups excluding carboxylic acids is 1. The number of nitrogens with two attached hydrogens (primary N) is 1. The highest BCUT2D eigenvalue weighted by molar-refractivity contribution is 9.10. The molecule has 0 aromatic heterocycles. The summed E-state index contributed by atoms with van der Waals surface area (Å²) in [4.78, 5) is 10.7. The topological polar surface area (TPSA) is 95.2 Å². The van der Waals surface area contributed by atoms with Crippen molar-refractivity contribution in [3.63, 3.8) is 0 Å². The second-order valence-electron chi connectivity index (χ2n) is 7.24. The summed E-state index contributed by atoms with van der Waals surface area (Å²) in [5.74, 6) is 1.87. The van der Waals surface area contributed by atoms with Crippen LogP contribution in [-0.4, -0.2) is 32.6 Å². The first-order chi connectivity index (χ1) is 13.7. The minimum absolute atomic E-state index is 0.108. The Bertz CT molecular complexity index is 861. The smallest absolute Gasteiger partial charge is 0.332 e. The molecule has 156 valence electrons. The Morgan fingerprint density at radius 1 is 1.17 bits per heavy atom.